The molecule has 6 aromatic rings. The Hall–Kier alpha value is -6.38. The average molecular weight is 793 g/mol. The maximum Gasteiger partial charge on any atom is 0.243 e. The Balaban J connectivity index is 1.23. The highest BCUT2D eigenvalue weighted by Gasteiger charge is 2.31. The second kappa shape index (κ2) is 19.0. The maximum atomic E-state index is 14.3. The fourth-order valence-corrected chi connectivity index (χ4v) is 6.81. The molecule has 0 fully saturated rings. The van der Waals surface area contributed by atoms with Crippen molar-refractivity contribution in [3.8, 4) is 11.5 Å². The van der Waals surface area contributed by atoms with Crippen LogP contribution in [0.5, 0.6) is 11.5 Å². The van der Waals surface area contributed by atoms with Gasteiger partial charge in [-0.05, 0) is 102 Å². The number of carbonyl (C=O) groups excluding carboxylic acids is 4. The molecule has 3 heterocycles. The van der Waals surface area contributed by atoms with Crippen LogP contribution < -0.4 is 27.0 Å². The second-order valence-corrected chi connectivity index (χ2v) is 14.3. The van der Waals surface area contributed by atoms with Gasteiger partial charge in [0, 0.05) is 83.8 Å². The summed E-state index contributed by atoms with van der Waals surface area (Å²) in [6, 6.07) is 16.9. The molecule has 0 aliphatic heterocycles. The lowest BCUT2D eigenvalue weighted by atomic mass is 10.0. The van der Waals surface area contributed by atoms with Crippen molar-refractivity contribution in [2.75, 3.05) is 13.1 Å². The number of H-pyrrole nitrogens is 2. The summed E-state index contributed by atoms with van der Waals surface area (Å²) in [6.07, 6.45) is 7.91. The van der Waals surface area contributed by atoms with Gasteiger partial charge in [0.2, 0.25) is 23.6 Å². The Labute approximate surface area is 333 Å². The number of aromatic hydroxyl groups is 2. The Morgan fingerprint density at radius 2 is 1.23 bits per heavy atom. The molecule has 57 heavy (non-hydrogen) atoms. The summed E-state index contributed by atoms with van der Waals surface area (Å²) in [4.78, 5) is 65.7. The number of fused-ring (bicyclic) bond motifs is 2. The molecule has 4 amide bonds. The van der Waals surface area contributed by atoms with Crippen molar-refractivity contribution in [2.24, 2.45) is 5.73 Å². The molecule has 15 heteroatoms. The number of hydrogen-bond acceptors (Lipinski definition) is 8. The summed E-state index contributed by atoms with van der Waals surface area (Å²) in [7, 11) is 0. The lowest BCUT2D eigenvalue weighted by Gasteiger charge is -2.26. The predicted octanol–water partition coefficient (Wildman–Crippen LogP) is 3.69. The van der Waals surface area contributed by atoms with E-state index in [1.54, 1.807) is 91.4 Å². The van der Waals surface area contributed by atoms with Gasteiger partial charge in [-0.15, -0.1) is 0 Å². The van der Waals surface area contributed by atoms with Crippen LogP contribution in [0.15, 0.2) is 97.6 Å². The zero-order chi connectivity index (χ0) is 40.3. The van der Waals surface area contributed by atoms with Crippen LogP contribution in [-0.2, 0) is 44.9 Å². The van der Waals surface area contributed by atoms with E-state index >= 15 is 0 Å². The highest BCUT2D eigenvalue weighted by atomic mass is 35.5. The van der Waals surface area contributed by atoms with Crippen LogP contribution in [0.25, 0.3) is 21.8 Å². The number of carbonyl (C=O) groups is 4. The van der Waals surface area contributed by atoms with Crippen LogP contribution in [0.4, 0.5) is 0 Å². The van der Waals surface area contributed by atoms with Crippen molar-refractivity contribution in [3.63, 3.8) is 0 Å². The summed E-state index contributed by atoms with van der Waals surface area (Å²) in [5, 5.41) is 33.7. The smallest absolute Gasteiger partial charge is 0.243 e. The maximum absolute atomic E-state index is 14.3. The third kappa shape index (κ3) is 10.9. The van der Waals surface area contributed by atoms with Crippen LogP contribution in [-0.4, -0.2) is 80.0 Å². The molecule has 0 saturated heterocycles. The predicted molar refractivity (Wildman–Crippen MR) is 218 cm³/mol. The molecule has 1 unspecified atom stereocenters. The number of aromatic amines is 2. The van der Waals surface area contributed by atoms with Crippen molar-refractivity contribution < 1.29 is 29.4 Å². The summed E-state index contributed by atoms with van der Waals surface area (Å²) in [5.74, 6) is -1.90. The minimum atomic E-state index is -1.18. The van der Waals surface area contributed by atoms with E-state index in [2.05, 4.69) is 36.2 Å². The van der Waals surface area contributed by atoms with Gasteiger partial charge < -0.3 is 47.2 Å². The van der Waals surface area contributed by atoms with E-state index in [1.807, 2.05) is 6.20 Å². The normalized spacial score (nSPS) is 12.8. The standard InChI is InChI=1S/C42H45ClN8O6/c43-29-5-3-25(4-6-29)18-37(51-42(57)38(49-39(54)2-1-14-44)20-28-24-48-35-10-8-31(53)22-33(28)35)41(56)50-36(19-26-11-15-45-16-12-26)40(55)46-17-13-27-23-47-34-9-7-30(52)21-32(27)34/h3-12,15-16,21-24,36-38,47-48,52-53H,1-2,13-14,17-20,44H2,(H,46,55)(H,49,54)(H,50,56)(H,51,57)/t36?,37-,38-/m0/s1. The first-order valence-electron chi connectivity index (χ1n) is 18.7. The molecule has 3 atom stereocenters. The third-order valence-electron chi connectivity index (χ3n) is 9.69. The molecule has 0 aliphatic carbocycles. The first kappa shape index (κ1) is 40.3. The van der Waals surface area contributed by atoms with Gasteiger partial charge in [-0.25, -0.2) is 0 Å². The Bertz CT molecular complexity index is 2330. The number of phenolic OH excluding ortho intramolecular Hbond substituents is 2. The molecule has 296 valence electrons. The molecule has 6 rings (SSSR count). The van der Waals surface area contributed by atoms with E-state index < -0.39 is 35.8 Å². The molecule has 0 radical (unpaired) electrons. The zero-order valence-electron chi connectivity index (χ0n) is 31.1. The first-order valence-corrected chi connectivity index (χ1v) is 19.0. The van der Waals surface area contributed by atoms with Crippen molar-refractivity contribution in [3.05, 3.63) is 125 Å². The van der Waals surface area contributed by atoms with Gasteiger partial charge in [-0.2, -0.15) is 0 Å². The number of halogens is 1. The molecular weight excluding hydrogens is 748 g/mol. The second-order valence-electron chi connectivity index (χ2n) is 13.9. The number of nitrogens with two attached hydrogens (primary N) is 1. The van der Waals surface area contributed by atoms with Gasteiger partial charge in [0.25, 0.3) is 0 Å². The van der Waals surface area contributed by atoms with Gasteiger partial charge in [0.1, 0.15) is 29.6 Å². The number of amides is 4. The SMILES string of the molecule is NCCCC(=O)N[C@@H](Cc1c[nH]c2ccc(O)cc12)C(=O)N[C@@H](Cc1ccc(Cl)cc1)C(=O)NC(Cc1ccncc1)C(=O)NCCc1c[nH]c2ccc(O)cc12. The summed E-state index contributed by atoms with van der Waals surface area (Å²) in [6.45, 7) is 0.531. The quantitative estimate of drug-likeness (QED) is 0.0622. The van der Waals surface area contributed by atoms with Crippen LogP contribution >= 0.6 is 11.6 Å². The minimum Gasteiger partial charge on any atom is -0.508 e. The first-order chi connectivity index (χ1) is 27.6. The van der Waals surface area contributed by atoms with Gasteiger partial charge in [-0.1, -0.05) is 23.7 Å². The molecule has 3 aromatic carbocycles. The van der Waals surface area contributed by atoms with Gasteiger partial charge in [-0.3, -0.25) is 24.2 Å². The van der Waals surface area contributed by atoms with Crippen LogP contribution in [0, 0.1) is 0 Å². The number of hydrogen-bond donors (Lipinski definition) is 9. The van der Waals surface area contributed by atoms with Crippen molar-refractivity contribution in [1.29, 1.82) is 0 Å². The van der Waals surface area contributed by atoms with Crippen LogP contribution in [0.3, 0.4) is 0 Å². The number of phenols is 2. The molecule has 0 saturated carbocycles. The molecule has 0 spiro atoms. The molecular formula is C42H45ClN8O6. The summed E-state index contributed by atoms with van der Waals surface area (Å²) >= 11 is 6.15. The van der Waals surface area contributed by atoms with Crippen molar-refractivity contribution >= 4 is 57.0 Å². The molecule has 3 aromatic heterocycles. The topological polar surface area (TPSA) is 227 Å². The molecule has 0 bridgehead atoms. The largest absolute Gasteiger partial charge is 0.508 e. The summed E-state index contributed by atoms with van der Waals surface area (Å²) < 4.78 is 0. The zero-order valence-corrected chi connectivity index (χ0v) is 31.8. The van der Waals surface area contributed by atoms with Crippen LogP contribution in [0.2, 0.25) is 5.02 Å². The number of pyridine rings is 1. The van der Waals surface area contributed by atoms with E-state index in [0.29, 0.717) is 34.4 Å². The van der Waals surface area contributed by atoms with Crippen LogP contribution in [0.1, 0.15) is 35.1 Å². The lowest BCUT2D eigenvalue weighted by molar-refractivity contribution is -0.133. The van der Waals surface area contributed by atoms with E-state index in [-0.39, 0.29) is 56.2 Å². The molecule has 0 aliphatic rings. The highest BCUT2D eigenvalue weighted by molar-refractivity contribution is 6.30. The average Bonchev–Trinajstić information content (AvgIpc) is 3.80. The number of benzene rings is 3. The Morgan fingerprint density at radius 3 is 1.84 bits per heavy atom. The fourth-order valence-electron chi connectivity index (χ4n) is 6.68. The Morgan fingerprint density at radius 1 is 0.684 bits per heavy atom. The van der Waals surface area contributed by atoms with E-state index in [4.69, 9.17) is 17.3 Å². The number of nitrogens with zero attached hydrogens (tertiary/aromatic N) is 1. The van der Waals surface area contributed by atoms with E-state index in [9.17, 15) is 29.4 Å². The van der Waals surface area contributed by atoms with Gasteiger partial charge >= 0.3 is 0 Å². The minimum absolute atomic E-state index is 0.0413. The number of aromatic nitrogens is 3. The lowest BCUT2D eigenvalue weighted by Crippen LogP contribution is -2.58. The van der Waals surface area contributed by atoms with Crippen molar-refractivity contribution in [2.45, 2.75) is 56.7 Å². The highest BCUT2D eigenvalue weighted by Crippen LogP contribution is 2.25. The van der Waals surface area contributed by atoms with E-state index in [0.717, 1.165) is 27.5 Å². The van der Waals surface area contributed by atoms with Crippen molar-refractivity contribution in [1.82, 2.24) is 36.2 Å². The third-order valence-corrected chi connectivity index (χ3v) is 9.94. The monoisotopic (exact) mass is 792 g/mol. The van der Waals surface area contributed by atoms with Gasteiger partial charge in [0.15, 0.2) is 0 Å². The Kier molecular flexibility index (Phi) is 13.4. The summed E-state index contributed by atoms with van der Waals surface area (Å²) in [5.41, 5.74) is 10.2. The molecule has 10 N–H and O–H groups in total. The molecule has 14 nitrogen and oxygen atoms in total. The fraction of sp³-hybridized carbons (Fsp3) is 0.262. The number of nitrogens with one attached hydrogen (secondary N) is 6. The van der Waals surface area contributed by atoms with E-state index in [1.165, 1.54) is 0 Å². The van der Waals surface area contributed by atoms with Gasteiger partial charge in [0.05, 0.1) is 0 Å². The number of rotatable bonds is 18.